The molecule has 0 unspecified atom stereocenters. The van der Waals surface area contributed by atoms with Crippen molar-refractivity contribution in [3.05, 3.63) is 35.9 Å². The Morgan fingerprint density at radius 3 is 2.27 bits per heavy atom. The summed E-state index contributed by atoms with van der Waals surface area (Å²) in [5.41, 5.74) is 0.662. The third kappa shape index (κ3) is 4.24. The molecule has 2 atom stereocenters. The molecule has 1 aromatic carbocycles. The van der Waals surface area contributed by atoms with Crippen molar-refractivity contribution in [2.75, 3.05) is 19.8 Å². The first-order valence-electron chi connectivity index (χ1n) is 8.35. The molecule has 2 rings (SSSR count). The van der Waals surface area contributed by atoms with Gasteiger partial charge in [-0.15, -0.1) is 0 Å². The Hall–Kier alpha value is -2.35. The highest BCUT2D eigenvalue weighted by molar-refractivity contribution is 6.07. The van der Waals surface area contributed by atoms with Gasteiger partial charge in [-0.25, -0.2) is 0 Å². The van der Waals surface area contributed by atoms with E-state index >= 15 is 0 Å². The first kappa shape index (κ1) is 20.0. The average molecular weight is 369 g/mol. The molecule has 0 amide bonds. The van der Waals surface area contributed by atoms with E-state index in [1.54, 1.807) is 37.3 Å². The third-order valence-corrected chi connectivity index (χ3v) is 4.05. The molecule has 1 heterocycles. The topological polar surface area (TPSA) is 72.9 Å². The van der Waals surface area contributed by atoms with Crippen LogP contribution in [0.3, 0.4) is 0 Å². The number of ether oxygens (including phenoxy) is 2. The normalized spacial score (nSPS) is 22.7. The Morgan fingerprint density at radius 1 is 1.12 bits per heavy atom. The monoisotopic (exact) mass is 369 g/mol. The third-order valence-electron chi connectivity index (χ3n) is 4.05. The molecule has 1 aliphatic rings. The van der Waals surface area contributed by atoms with Gasteiger partial charge in [-0.3, -0.25) is 19.3 Å². The molecule has 0 aliphatic carbocycles. The van der Waals surface area contributed by atoms with Crippen LogP contribution in [0.1, 0.15) is 19.4 Å². The molecule has 0 aromatic heterocycles. The van der Waals surface area contributed by atoms with Crippen LogP contribution in [-0.4, -0.2) is 54.3 Å². The highest BCUT2D eigenvalue weighted by Crippen LogP contribution is 2.34. The number of alkyl halides is 2. The quantitative estimate of drug-likeness (QED) is 0.563. The summed E-state index contributed by atoms with van der Waals surface area (Å²) in [5, 5.41) is 0. The van der Waals surface area contributed by atoms with Crippen LogP contribution in [-0.2, 0) is 30.4 Å². The molecule has 6 nitrogen and oxygen atoms in total. The number of carbonyl (C=O) groups is 3. The Morgan fingerprint density at radius 2 is 1.69 bits per heavy atom. The molecule has 0 spiro atoms. The fraction of sp³-hybridized carbons (Fsp3) is 0.500. The van der Waals surface area contributed by atoms with Crippen LogP contribution in [0, 0.1) is 5.92 Å². The molecule has 142 valence electrons. The smallest absolute Gasteiger partial charge is 0.324 e. The summed E-state index contributed by atoms with van der Waals surface area (Å²) in [6.45, 7) is 1.93. The van der Waals surface area contributed by atoms with Crippen LogP contribution >= 0.6 is 0 Å². The molecule has 0 N–H and O–H groups in total. The molecular formula is C18H21F2NO5. The van der Waals surface area contributed by atoms with Crippen molar-refractivity contribution in [1.82, 2.24) is 4.90 Å². The number of benzene rings is 1. The second-order valence-corrected chi connectivity index (χ2v) is 5.89. The Balaban J connectivity index is 2.42. The number of ketones is 1. The number of likely N-dealkylation sites (tertiary alicyclic amines) is 1. The van der Waals surface area contributed by atoms with Crippen molar-refractivity contribution in [2.24, 2.45) is 5.92 Å². The van der Waals surface area contributed by atoms with Crippen molar-refractivity contribution in [3.8, 4) is 0 Å². The lowest BCUT2D eigenvalue weighted by Crippen LogP contribution is -2.64. The van der Waals surface area contributed by atoms with Gasteiger partial charge < -0.3 is 9.47 Å². The molecule has 0 radical (unpaired) electrons. The van der Waals surface area contributed by atoms with Crippen LogP contribution in [0.4, 0.5) is 8.78 Å². The zero-order chi connectivity index (χ0) is 19.3. The van der Waals surface area contributed by atoms with Gasteiger partial charge in [-0.2, -0.15) is 8.78 Å². The van der Waals surface area contributed by atoms with Crippen molar-refractivity contribution in [1.29, 1.82) is 0 Å². The zero-order valence-corrected chi connectivity index (χ0v) is 14.6. The molecule has 0 bridgehead atoms. The largest absolute Gasteiger partial charge is 0.465 e. The molecule has 1 aromatic rings. The van der Waals surface area contributed by atoms with Crippen LogP contribution in [0.25, 0.3) is 0 Å². The highest BCUT2D eigenvalue weighted by Gasteiger charge is 2.59. The standard InChI is InChI=1S/C18H21F2NO5/c1-3-25-16(23)13-14(17(24)26-4-2)21(11-18(19,20)15(13)22)10-12-8-6-5-7-9-12/h5-9,13-14H,3-4,10-11H2,1-2H3/t13-,14-/m1/s1. The number of hydrogen-bond donors (Lipinski definition) is 0. The van der Waals surface area contributed by atoms with Crippen LogP contribution < -0.4 is 0 Å². The minimum Gasteiger partial charge on any atom is -0.465 e. The lowest BCUT2D eigenvalue weighted by molar-refractivity contribution is -0.184. The van der Waals surface area contributed by atoms with Gasteiger partial charge in [0, 0.05) is 6.54 Å². The van der Waals surface area contributed by atoms with E-state index in [0.29, 0.717) is 5.56 Å². The second kappa shape index (κ2) is 8.35. The summed E-state index contributed by atoms with van der Waals surface area (Å²) in [6.07, 6.45) is 0. The van der Waals surface area contributed by atoms with Crippen molar-refractivity contribution >= 4 is 17.7 Å². The van der Waals surface area contributed by atoms with E-state index in [4.69, 9.17) is 9.47 Å². The fourth-order valence-corrected chi connectivity index (χ4v) is 2.97. The Kier molecular flexibility index (Phi) is 6.42. The van der Waals surface area contributed by atoms with E-state index < -0.39 is 42.1 Å². The number of esters is 2. The molecule has 1 fully saturated rings. The maximum atomic E-state index is 14.3. The summed E-state index contributed by atoms with van der Waals surface area (Å²) >= 11 is 0. The average Bonchev–Trinajstić information content (AvgIpc) is 2.58. The number of nitrogens with zero attached hydrogens (tertiary/aromatic N) is 1. The van der Waals surface area contributed by atoms with Crippen molar-refractivity contribution in [2.45, 2.75) is 32.4 Å². The van der Waals surface area contributed by atoms with E-state index in [-0.39, 0.29) is 19.8 Å². The Bertz CT molecular complexity index is 665. The van der Waals surface area contributed by atoms with E-state index in [0.717, 1.165) is 4.90 Å². The van der Waals surface area contributed by atoms with Crippen molar-refractivity contribution < 1.29 is 32.6 Å². The lowest BCUT2D eigenvalue weighted by Gasteiger charge is -2.40. The predicted octanol–water partition coefficient (Wildman–Crippen LogP) is 1.82. The van der Waals surface area contributed by atoms with Gasteiger partial charge in [-0.1, -0.05) is 30.3 Å². The van der Waals surface area contributed by atoms with Gasteiger partial charge in [0.2, 0.25) is 5.78 Å². The number of rotatable bonds is 6. The predicted molar refractivity (Wildman–Crippen MR) is 87.4 cm³/mol. The minimum absolute atomic E-state index is 0.00532. The summed E-state index contributed by atoms with van der Waals surface area (Å²) in [5.74, 6) is -9.35. The van der Waals surface area contributed by atoms with Gasteiger partial charge in [0.1, 0.15) is 12.0 Å². The SMILES string of the molecule is CCOC(=O)[C@H]1C(=O)C(F)(F)CN(Cc2ccccc2)[C@H]1C(=O)OCC. The highest BCUT2D eigenvalue weighted by atomic mass is 19.3. The number of carbonyl (C=O) groups excluding carboxylic acids is 3. The van der Waals surface area contributed by atoms with E-state index in [2.05, 4.69) is 0 Å². The van der Waals surface area contributed by atoms with Crippen molar-refractivity contribution in [3.63, 3.8) is 0 Å². The maximum absolute atomic E-state index is 14.3. The van der Waals surface area contributed by atoms with Gasteiger partial charge in [0.15, 0.2) is 0 Å². The van der Waals surface area contributed by atoms with Gasteiger partial charge in [0.05, 0.1) is 19.8 Å². The number of piperidine rings is 1. The maximum Gasteiger partial charge on any atom is 0.324 e. The molecule has 8 heteroatoms. The number of hydrogen-bond acceptors (Lipinski definition) is 6. The summed E-state index contributed by atoms with van der Waals surface area (Å²) in [7, 11) is 0. The number of Topliss-reactive ketones (excluding diaryl/α,β-unsaturated/α-hetero) is 1. The van der Waals surface area contributed by atoms with Gasteiger partial charge in [-0.05, 0) is 19.4 Å². The molecule has 1 aliphatic heterocycles. The first-order chi connectivity index (χ1) is 12.3. The van der Waals surface area contributed by atoms with Crippen LogP contribution in [0.2, 0.25) is 0 Å². The van der Waals surface area contributed by atoms with E-state index in [1.165, 1.54) is 6.92 Å². The van der Waals surface area contributed by atoms with Crippen LogP contribution in [0.5, 0.6) is 0 Å². The zero-order valence-electron chi connectivity index (χ0n) is 14.6. The number of halogens is 2. The molecule has 1 saturated heterocycles. The minimum atomic E-state index is -3.77. The first-order valence-corrected chi connectivity index (χ1v) is 8.35. The van der Waals surface area contributed by atoms with Gasteiger partial charge in [0.25, 0.3) is 0 Å². The molecule has 26 heavy (non-hydrogen) atoms. The van der Waals surface area contributed by atoms with E-state index in [1.807, 2.05) is 0 Å². The summed E-state index contributed by atoms with van der Waals surface area (Å²) in [6, 6.07) is 7.17. The van der Waals surface area contributed by atoms with Crippen LogP contribution in [0.15, 0.2) is 30.3 Å². The van der Waals surface area contributed by atoms with Gasteiger partial charge >= 0.3 is 17.9 Å². The molecule has 0 saturated carbocycles. The fourth-order valence-electron chi connectivity index (χ4n) is 2.97. The second-order valence-electron chi connectivity index (χ2n) is 5.89. The Labute approximate surface area is 150 Å². The van der Waals surface area contributed by atoms with E-state index in [9.17, 15) is 23.2 Å². The lowest BCUT2D eigenvalue weighted by atomic mass is 9.85. The summed E-state index contributed by atoms with van der Waals surface area (Å²) in [4.78, 5) is 37.9. The summed E-state index contributed by atoms with van der Waals surface area (Å²) < 4.78 is 38.3. The molecular weight excluding hydrogens is 348 g/mol.